The third-order valence-corrected chi connectivity index (χ3v) is 8.48. The third kappa shape index (κ3) is 2.06. The number of allylic oxidation sites excluding steroid dienone is 1. The zero-order valence-corrected chi connectivity index (χ0v) is 15.0. The molecule has 4 rings (SSSR count). The Labute approximate surface area is 140 Å². The normalized spacial score (nSPS) is 49.0. The lowest BCUT2D eigenvalue weighted by Gasteiger charge is -2.58. The van der Waals surface area contributed by atoms with Crippen LogP contribution in [0.25, 0.3) is 0 Å². The lowest BCUT2D eigenvalue weighted by atomic mass is 9.46. The van der Waals surface area contributed by atoms with Gasteiger partial charge in [-0.25, -0.2) is 0 Å². The second-order valence-corrected chi connectivity index (χ2v) is 9.33. The molecule has 6 unspecified atom stereocenters. The molecule has 23 heavy (non-hydrogen) atoms. The van der Waals surface area contributed by atoms with Gasteiger partial charge in [0.25, 0.3) is 0 Å². The van der Waals surface area contributed by atoms with Crippen molar-refractivity contribution in [3.8, 4) is 0 Å². The Morgan fingerprint density at radius 3 is 2.61 bits per heavy atom. The zero-order chi connectivity index (χ0) is 16.4. The molecule has 6 atom stereocenters. The van der Waals surface area contributed by atoms with E-state index in [4.69, 9.17) is 5.41 Å². The Morgan fingerprint density at radius 1 is 1.09 bits per heavy atom. The molecule has 0 radical (unpaired) electrons. The molecule has 126 valence electrons. The second-order valence-electron chi connectivity index (χ2n) is 9.33. The van der Waals surface area contributed by atoms with Crippen LogP contribution in [-0.4, -0.2) is 11.5 Å². The van der Waals surface area contributed by atoms with Crippen LogP contribution in [0.1, 0.15) is 72.1 Å². The van der Waals surface area contributed by atoms with E-state index in [1.165, 1.54) is 37.7 Å². The van der Waals surface area contributed by atoms with Gasteiger partial charge in [-0.3, -0.25) is 4.79 Å². The summed E-state index contributed by atoms with van der Waals surface area (Å²) >= 11 is 0. The summed E-state index contributed by atoms with van der Waals surface area (Å²) in [5, 5.41) is 8.23. The van der Waals surface area contributed by atoms with Crippen LogP contribution in [0, 0.1) is 39.9 Å². The second kappa shape index (κ2) is 5.04. The molecular weight excluding hydrogens is 282 g/mol. The highest BCUT2D eigenvalue weighted by molar-refractivity contribution is 5.91. The van der Waals surface area contributed by atoms with Crippen molar-refractivity contribution in [2.24, 2.45) is 34.5 Å². The van der Waals surface area contributed by atoms with E-state index in [0.717, 1.165) is 42.7 Å². The summed E-state index contributed by atoms with van der Waals surface area (Å²) in [6.07, 6.45) is 11.4. The van der Waals surface area contributed by atoms with Gasteiger partial charge in [-0.05, 0) is 86.5 Å². The number of nitrogens with one attached hydrogen (secondary N) is 1. The number of ketones is 1. The fourth-order valence-electron chi connectivity index (χ4n) is 7.27. The molecule has 0 amide bonds. The quantitative estimate of drug-likeness (QED) is 0.666. The predicted molar refractivity (Wildman–Crippen MR) is 93.6 cm³/mol. The van der Waals surface area contributed by atoms with Gasteiger partial charge in [0.1, 0.15) is 0 Å². The molecule has 0 bridgehead atoms. The van der Waals surface area contributed by atoms with Gasteiger partial charge in [0.2, 0.25) is 0 Å². The van der Waals surface area contributed by atoms with Gasteiger partial charge in [0.05, 0.1) is 0 Å². The lowest BCUT2D eigenvalue weighted by molar-refractivity contribution is -0.117. The molecule has 0 aromatic carbocycles. The Morgan fingerprint density at radius 2 is 1.87 bits per heavy atom. The summed E-state index contributed by atoms with van der Waals surface area (Å²) < 4.78 is 0. The summed E-state index contributed by atoms with van der Waals surface area (Å²) in [5.74, 6) is 3.29. The van der Waals surface area contributed by atoms with Crippen LogP contribution in [-0.2, 0) is 4.79 Å². The molecule has 3 saturated carbocycles. The third-order valence-electron chi connectivity index (χ3n) is 8.48. The maximum Gasteiger partial charge on any atom is 0.155 e. The molecule has 0 aromatic rings. The zero-order valence-electron chi connectivity index (χ0n) is 15.0. The average molecular weight is 313 g/mol. The van der Waals surface area contributed by atoms with Crippen molar-refractivity contribution in [1.82, 2.24) is 0 Å². The van der Waals surface area contributed by atoms with E-state index < -0.39 is 0 Å². The van der Waals surface area contributed by atoms with Crippen LogP contribution in [0.2, 0.25) is 0 Å². The van der Waals surface area contributed by atoms with E-state index in [2.05, 4.69) is 13.8 Å². The standard InChI is InChI=1S/C21H31NO/c1-13(22)17-6-7-18-16-5-4-14-12-15(23)8-10-20(14,2)19(16)9-11-21(17,18)3/h12,16-19,22H,4-11H2,1-3H3. The molecule has 0 saturated heterocycles. The van der Waals surface area contributed by atoms with Crippen molar-refractivity contribution < 1.29 is 4.79 Å². The first-order chi connectivity index (χ1) is 10.9. The molecule has 2 heteroatoms. The van der Waals surface area contributed by atoms with Crippen LogP contribution in [0.3, 0.4) is 0 Å². The maximum atomic E-state index is 11.9. The highest BCUT2D eigenvalue weighted by atomic mass is 16.1. The number of hydrogen-bond donors (Lipinski definition) is 1. The molecule has 0 heterocycles. The Bertz CT molecular complexity index is 591. The molecule has 0 aromatic heterocycles. The van der Waals surface area contributed by atoms with Crippen molar-refractivity contribution in [2.45, 2.75) is 72.1 Å². The van der Waals surface area contributed by atoms with Gasteiger partial charge in [-0.15, -0.1) is 0 Å². The Kier molecular flexibility index (Phi) is 3.42. The average Bonchev–Trinajstić information content (AvgIpc) is 2.85. The molecule has 4 aliphatic rings. The first-order valence-electron chi connectivity index (χ1n) is 9.65. The summed E-state index contributed by atoms with van der Waals surface area (Å²) in [6, 6.07) is 0. The fraction of sp³-hybridized carbons (Fsp3) is 0.810. The maximum absolute atomic E-state index is 11.9. The van der Waals surface area contributed by atoms with Crippen molar-refractivity contribution in [3.63, 3.8) is 0 Å². The van der Waals surface area contributed by atoms with Crippen LogP contribution >= 0.6 is 0 Å². The highest BCUT2D eigenvalue weighted by Gasteiger charge is 2.59. The molecular formula is C21H31NO. The monoisotopic (exact) mass is 313 g/mol. The minimum atomic E-state index is 0.288. The summed E-state index contributed by atoms with van der Waals surface area (Å²) in [7, 11) is 0. The van der Waals surface area contributed by atoms with Gasteiger partial charge >= 0.3 is 0 Å². The van der Waals surface area contributed by atoms with Crippen LogP contribution < -0.4 is 0 Å². The van der Waals surface area contributed by atoms with E-state index in [9.17, 15) is 4.79 Å². The van der Waals surface area contributed by atoms with Crippen molar-refractivity contribution in [1.29, 1.82) is 5.41 Å². The molecule has 3 fully saturated rings. The Hall–Kier alpha value is -0.920. The summed E-state index contributed by atoms with van der Waals surface area (Å²) in [5.41, 5.74) is 3.04. The Balaban J connectivity index is 1.67. The van der Waals surface area contributed by atoms with E-state index in [-0.39, 0.29) is 5.41 Å². The summed E-state index contributed by atoms with van der Waals surface area (Å²) in [4.78, 5) is 11.9. The minimum absolute atomic E-state index is 0.288. The SMILES string of the molecule is CC(=N)C1CCC2C3CCC4=CC(=O)CCC4(C)C3CCC12C. The van der Waals surface area contributed by atoms with Gasteiger partial charge in [0.15, 0.2) is 5.78 Å². The molecule has 2 nitrogen and oxygen atoms in total. The number of hydrogen-bond acceptors (Lipinski definition) is 2. The number of carbonyl (C=O) groups excluding carboxylic acids is 1. The molecule has 1 N–H and O–H groups in total. The largest absolute Gasteiger partial charge is 0.310 e. The van der Waals surface area contributed by atoms with Crippen molar-refractivity contribution in [2.75, 3.05) is 0 Å². The van der Waals surface area contributed by atoms with E-state index >= 15 is 0 Å². The number of carbonyl (C=O) groups is 1. The van der Waals surface area contributed by atoms with Crippen molar-refractivity contribution >= 4 is 11.5 Å². The lowest BCUT2D eigenvalue weighted by Crippen LogP contribution is -2.51. The number of fused-ring (bicyclic) bond motifs is 5. The fourth-order valence-corrected chi connectivity index (χ4v) is 7.27. The van der Waals surface area contributed by atoms with Gasteiger partial charge < -0.3 is 5.41 Å². The molecule has 0 aliphatic heterocycles. The smallest absolute Gasteiger partial charge is 0.155 e. The highest BCUT2D eigenvalue weighted by Crippen LogP contribution is 2.66. The van der Waals surface area contributed by atoms with Crippen LogP contribution in [0.15, 0.2) is 11.6 Å². The van der Waals surface area contributed by atoms with Gasteiger partial charge in [-0.1, -0.05) is 19.4 Å². The van der Waals surface area contributed by atoms with E-state index in [0.29, 0.717) is 17.1 Å². The van der Waals surface area contributed by atoms with E-state index in [1.54, 1.807) is 0 Å². The van der Waals surface area contributed by atoms with Crippen molar-refractivity contribution in [3.05, 3.63) is 11.6 Å². The predicted octanol–water partition coefficient (Wildman–Crippen LogP) is 5.17. The first-order valence-corrected chi connectivity index (χ1v) is 9.65. The minimum Gasteiger partial charge on any atom is -0.310 e. The summed E-state index contributed by atoms with van der Waals surface area (Å²) in [6.45, 7) is 6.97. The topological polar surface area (TPSA) is 40.9 Å². The van der Waals surface area contributed by atoms with E-state index in [1.807, 2.05) is 13.0 Å². The van der Waals surface area contributed by atoms with Crippen LogP contribution in [0.4, 0.5) is 0 Å². The molecule has 0 spiro atoms. The van der Waals surface area contributed by atoms with Crippen LogP contribution in [0.5, 0.6) is 0 Å². The van der Waals surface area contributed by atoms with Gasteiger partial charge in [-0.2, -0.15) is 0 Å². The molecule has 4 aliphatic carbocycles. The van der Waals surface area contributed by atoms with Gasteiger partial charge in [0, 0.05) is 18.1 Å². The number of rotatable bonds is 1. The first kappa shape index (κ1) is 15.6.